The third-order valence-electron chi connectivity index (χ3n) is 11.0. The first-order valence-electron chi connectivity index (χ1n) is 19.8. The van der Waals surface area contributed by atoms with Crippen LogP contribution in [0.15, 0.2) is 176 Å². The van der Waals surface area contributed by atoms with Gasteiger partial charge in [0.25, 0.3) is 0 Å². The first-order valence-corrected chi connectivity index (χ1v) is 19.8. The molecule has 0 saturated carbocycles. The Morgan fingerprint density at radius 2 is 1.21 bits per heavy atom. The minimum absolute atomic E-state index is 0.469. The van der Waals surface area contributed by atoms with E-state index in [1.54, 1.807) is 4.80 Å². The quantitative estimate of drug-likeness (QED) is 0.116. The minimum Gasteiger partial charge on any atom is -0.488 e. The van der Waals surface area contributed by atoms with Gasteiger partial charge < -0.3 is 4.74 Å². The summed E-state index contributed by atoms with van der Waals surface area (Å²) in [6.07, 6.45) is 1.80. The molecule has 1 aliphatic heterocycles. The first-order chi connectivity index (χ1) is 28.2. The Morgan fingerprint density at radius 3 is 1.82 bits per heavy atom. The smallest absolute Gasteiger partial charge is 0.205 e. The molecule has 0 unspecified atom stereocenters. The van der Waals surface area contributed by atoms with E-state index in [1.807, 2.05) is 24.3 Å². The van der Waals surface area contributed by atoms with Crippen LogP contribution in [0.2, 0.25) is 0 Å². The second-order valence-electron chi connectivity index (χ2n) is 14.6. The summed E-state index contributed by atoms with van der Waals surface area (Å²) in [5, 5.41) is 14.7. The number of pyridine rings is 1. The number of ether oxygens (including phenoxy) is 1. The van der Waals surface area contributed by atoms with E-state index in [9.17, 15) is 0 Å². The molecular formula is C50H44N6O. The molecule has 57 heavy (non-hydrogen) atoms. The molecule has 0 saturated heterocycles. The Balaban J connectivity index is 0.997. The van der Waals surface area contributed by atoms with Crippen molar-refractivity contribution < 1.29 is 4.74 Å². The van der Waals surface area contributed by atoms with Crippen molar-refractivity contribution in [2.45, 2.75) is 45.0 Å². The normalized spacial score (nSPS) is 12.9. The van der Waals surface area contributed by atoms with E-state index in [0.717, 1.165) is 82.9 Å². The maximum Gasteiger partial charge on any atom is 0.205 e. The van der Waals surface area contributed by atoms with Gasteiger partial charge in [0.1, 0.15) is 12.4 Å². The number of nitrogens with zero attached hydrogens (tertiary/aromatic N) is 6. The summed E-state index contributed by atoms with van der Waals surface area (Å²) in [4.78, 5) is 9.27. The van der Waals surface area contributed by atoms with E-state index in [0.29, 0.717) is 12.4 Å². The molecule has 0 bridgehead atoms. The fourth-order valence-corrected chi connectivity index (χ4v) is 8.10. The number of aromatic nitrogens is 5. The van der Waals surface area contributed by atoms with Crippen LogP contribution in [-0.4, -0.2) is 36.6 Å². The van der Waals surface area contributed by atoms with Gasteiger partial charge in [0.05, 0.1) is 5.69 Å². The van der Waals surface area contributed by atoms with Gasteiger partial charge >= 0.3 is 0 Å². The molecule has 3 heterocycles. The molecule has 0 fully saturated rings. The molecule has 0 spiro atoms. The highest BCUT2D eigenvalue weighted by atomic mass is 16.5. The number of aryl methyl sites for hydroxylation is 1. The molecule has 0 aliphatic carbocycles. The minimum atomic E-state index is -0.849. The first kappa shape index (κ1) is 36.0. The van der Waals surface area contributed by atoms with E-state index in [4.69, 9.17) is 25.1 Å². The van der Waals surface area contributed by atoms with Crippen molar-refractivity contribution in [3.8, 4) is 28.3 Å². The molecule has 0 amide bonds. The van der Waals surface area contributed by atoms with Crippen LogP contribution in [0, 0.1) is 0 Å². The Labute approximate surface area is 334 Å². The highest BCUT2D eigenvalue weighted by Gasteiger charge is 2.41. The van der Waals surface area contributed by atoms with Crippen LogP contribution in [0.3, 0.4) is 0 Å². The lowest BCUT2D eigenvalue weighted by Crippen LogP contribution is -2.39. The van der Waals surface area contributed by atoms with Gasteiger partial charge in [0.2, 0.25) is 5.82 Å². The number of tetrazole rings is 1. The van der Waals surface area contributed by atoms with Crippen molar-refractivity contribution in [1.82, 2.24) is 30.1 Å². The summed E-state index contributed by atoms with van der Waals surface area (Å²) < 4.78 is 6.62. The van der Waals surface area contributed by atoms with Crippen molar-refractivity contribution >= 4 is 0 Å². The monoisotopic (exact) mass is 744 g/mol. The van der Waals surface area contributed by atoms with Crippen molar-refractivity contribution in [3.63, 3.8) is 0 Å². The van der Waals surface area contributed by atoms with Crippen molar-refractivity contribution in [2.75, 3.05) is 6.54 Å². The Morgan fingerprint density at radius 1 is 0.632 bits per heavy atom. The number of hydrogen-bond donors (Lipinski definition) is 0. The summed E-state index contributed by atoms with van der Waals surface area (Å²) in [7, 11) is 0. The Kier molecular flexibility index (Phi) is 10.2. The third kappa shape index (κ3) is 7.26. The number of fused-ring (bicyclic) bond motifs is 1. The lowest BCUT2D eigenvalue weighted by atomic mass is 9.77. The van der Waals surface area contributed by atoms with Crippen LogP contribution >= 0.6 is 0 Å². The molecule has 7 heteroatoms. The zero-order valence-corrected chi connectivity index (χ0v) is 32.1. The molecule has 6 aromatic carbocycles. The molecule has 9 rings (SSSR count). The fourth-order valence-electron chi connectivity index (χ4n) is 8.10. The topological polar surface area (TPSA) is 69.0 Å². The molecule has 280 valence electrons. The van der Waals surface area contributed by atoms with Gasteiger partial charge in [-0.2, -0.15) is 0 Å². The second kappa shape index (κ2) is 16.2. The van der Waals surface area contributed by atoms with Crippen LogP contribution in [0.25, 0.3) is 22.5 Å². The molecule has 1 aliphatic rings. The molecule has 8 aromatic rings. The molecule has 2 aromatic heterocycles. The molecule has 0 N–H and O–H groups in total. The van der Waals surface area contributed by atoms with E-state index >= 15 is 0 Å². The van der Waals surface area contributed by atoms with Gasteiger partial charge in [-0.3, -0.25) is 9.88 Å². The third-order valence-corrected chi connectivity index (χ3v) is 11.0. The highest BCUT2D eigenvalue weighted by molar-refractivity contribution is 5.80. The van der Waals surface area contributed by atoms with Gasteiger partial charge in [0, 0.05) is 48.9 Å². The summed E-state index contributed by atoms with van der Waals surface area (Å²) in [5.74, 6) is 1.50. The second-order valence-corrected chi connectivity index (χ2v) is 14.6. The average molecular weight is 745 g/mol. The summed E-state index contributed by atoms with van der Waals surface area (Å²) in [5.41, 5.74) is 11.1. The Hall–Kier alpha value is -6.70. The molecular weight excluding hydrogens is 701 g/mol. The summed E-state index contributed by atoms with van der Waals surface area (Å²) in [6.45, 7) is 5.36. The number of hydrogen-bond acceptors (Lipinski definition) is 6. The SMILES string of the molecule is CCc1cc(OCc2ccc(-c3ccccc3-c3nnn(C(c4ccccc4)(c4ccccc4)c4ccccc4)n3)cc2)c2c(n1)CCN(Cc1ccccc1)C2. The number of rotatable bonds is 12. The number of benzene rings is 6. The lowest BCUT2D eigenvalue weighted by Gasteiger charge is -2.34. The predicted octanol–water partition coefficient (Wildman–Crippen LogP) is 9.94. The van der Waals surface area contributed by atoms with E-state index in [-0.39, 0.29) is 0 Å². The van der Waals surface area contributed by atoms with Crippen molar-refractivity contribution in [1.29, 1.82) is 0 Å². The van der Waals surface area contributed by atoms with Crippen molar-refractivity contribution in [3.05, 3.63) is 221 Å². The lowest BCUT2D eigenvalue weighted by molar-refractivity contribution is 0.230. The fraction of sp³-hybridized carbons (Fsp3) is 0.160. The zero-order chi connectivity index (χ0) is 38.4. The van der Waals surface area contributed by atoms with E-state index < -0.39 is 5.54 Å². The molecule has 0 atom stereocenters. The van der Waals surface area contributed by atoms with Crippen LogP contribution in [0.4, 0.5) is 0 Å². The highest BCUT2D eigenvalue weighted by Crippen LogP contribution is 2.40. The maximum absolute atomic E-state index is 6.62. The molecule has 7 nitrogen and oxygen atoms in total. The Bertz CT molecular complexity index is 2460. The van der Waals surface area contributed by atoms with Gasteiger partial charge in [-0.15, -0.1) is 15.0 Å². The zero-order valence-electron chi connectivity index (χ0n) is 32.1. The van der Waals surface area contributed by atoms with Crippen LogP contribution in [-0.2, 0) is 38.1 Å². The van der Waals surface area contributed by atoms with Crippen LogP contribution in [0.5, 0.6) is 5.75 Å². The van der Waals surface area contributed by atoms with Gasteiger partial charge in [-0.1, -0.05) is 177 Å². The molecule has 0 radical (unpaired) electrons. The van der Waals surface area contributed by atoms with Crippen molar-refractivity contribution in [2.24, 2.45) is 0 Å². The van der Waals surface area contributed by atoms with Gasteiger partial charge in [0.15, 0.2) is 5.54 Å². The van der Waals surface area contributed by atoms with E-state index in [2.05, 4.69) is 163 Å². The largest absolute Gasteiger partial charge is 0.488 e. The predicted molar refractivity (Wildman–Crippen MR) is 226 cm³/mol. The van der Waals surface area contributed by atoms with E-state index in [1.165, 1.54) is 16.8 Å². The average Bonchev–Trinajstić information content (AvgIpc) is 3.78. The van der Waals surface area contributed by atoms with Gasteiger partial charge in [-0.05, 0) is 50.6 Å². The van der Waals surface area contributed by atoms with Crippen LogP contribution in [0.1, 0.15) is 51.7 Å². The summed E-state index contributed by atoms with van der Waals surface area (Å²) >= 11 is 0. The van der Waals surface area contributed by atoms with Crippen LogP contribution < -0.4 is 4.74 Å². The van der Waals surface area contributed by atoms with Gasteiger partial charge in [-0.25, -0.2) is 0 Å². The summed E-state index contributed by atoms with van der Waals surface area (Å²) in [6, 6.07) is 61.0. The standard InChI is InChI=1S/C50H44N6O/c1-2-43-33-48(46-35-55(32-31-47(46)51-43)34-37-17-7-3-8-18-37)57-36-38-27-29-39(30-28-38)44-25-15-16-26-45(44)49-52-54-56(53-49)50(40-19-9-4-10-20-40,41-21-11-5-12-22-41)42-23-13-6-14-24-42/h3-30,33H,2,31-32,34-36H2,1H3. The maximum atomic E-state index is 6.62.